The number of nitrogens with one attached hydrogen (secondary N) is 1. The molecule has 3 rings (SSSR count). The second-order valence-corrected chi connectivity index (χ2v) is 6.06. The molecule has 1 amide bonds. The number of nitrogens with zero attached hydrogens (tertiary/aromatic N) is 1. The molecule has 0 saturated heterocycles. The van der Waals surface area contributed by atoms with Crippen LogP contribution in [0.2, 0.25) is 0 Å². The minimum absolute atomic E-state index is 0.0609. The zero-order valence-corrected chi connectivity index (χ0v) is 15.5. The molecule has 1 N–H and O–H groups in total. The van der Waals surface area contributed by atoms with Crippen LogP contribution in [0.4, 0.5) is 0 Å². The Kier molecular flexibility index (Phi) is 6.31. The highest BCUT2D eigenvalue weighted by Crippen LogP contribution is 2.14. The molecular weight excluding hydrogens is 352 g/mol. The molecule has 3 aromatic carbocycles. The zero-order valence-electron chi connectivity index (χ0n) is 15.5. The Morgan fingerprint density at radius 1 is 0.786 bits per heavy atom. The molecule has 0 fully saturated rings. The Hall–Kier alpha value is -3.73. The van der Waals surface area contributed by atoms with E-state index in [2.05, 4.69) is 10.5 Å². The van der Waals surface area contributed by atoms with Crippen LogP contribution in [-0.2, 0) is 0 Å². The number of hydrazone groups is 1. The standard InChI is InChI=1S/C23H20N2O3/c1-28-20-14-12-18(13-15-20)22(26)16-21(17-8-4-2-5-9-17)24-25-23(27)19-10-6-3-7-11-19/h2-15H,16H2,1H3,(H,25,27)/b24-21-. The maximum absolute atomic E-state index is 12.7. The molecule has 5 nitrogen and oxygen atoms in total. The lowest BCUT2D eigenvalue weighted by Crippen LogP contribution is -2.21. The number of rotatable bonds is 7. The fourth-order valence-electron chi connectivity index (χ4n) is 2.64. The molecule has 3 aromatic rings. The number of amides is 1. The minimum atomic E-state index is -0.328. The van der Waals surface area contributed by atoms with Gasteiger partial charge in [-0.05, 0) is 42.0 Å². The summed E-state index contributed by atoms with van der Waals surface area (Å²) in [5.41, 5.74) is 4.87. The SMILES string of the molecule is COc1ccc(C(=O)C/C(=N/NC(=O)c2ccccc2)c2ccccc2)cc1. The highest BCUT2D eigenvalue weighted by Gasteiger charge is 2.13. The lowest BCUT2D eigenvalue weighted by Gasteiger charge is -2.08. The summed E-state index contributed by atoms with van der Waals surface area (Å²) in [6.07, 6.45) is 0.0609. The summed E-state index contributed by atoms with van der Waals surface area (Å²) >= 11 is 0. The summed E-state index contributed by atoms with van der Waals surface area (Å²) in [7, 11) is 1.58. The van der Waals surface area contributed by atoms with Crippen molar-refractivity contribution in [3.63, 3.8) is 0 Å². The fourth-order valence-corrected chi connectivity index (χ4v) is 2.64. The van der Waals surface area contributed by atoms with Gasteiger partial charge in [0.05, 0.1) is 19.2 Å². The van der Waals surface area contributed by atoms with E-state index in [1.54, 1.807) is 55.6 Å². The van der Waals surface area contributed by atoms with Crippen LogP contribution in [0.1, 0.15) is 32.7 Å². The number of Topliss-reactive ketones (excluding diaryl/α,β-unsaturated/α-hetero) is 1. The topological polar surface area (TPSA) is 67.8 Å². The molecule has 0 spiro atoms. The molecule has 0 unspecified atom stereocenters. The van der Waals surface area contributed by atoms with Gasteiger partial charge in [-0.25, -0.2) is 5.43 Å². The van der Waals surface area contributed by atoms with Gasteiger partial charge in [0.2, 0.25) is 0 Å². The average Bonchev–Trinajstić information content (AvgIpc) is 2.77. The first kappa shape index (κ1) is 19.0. The van der Waals surface area contributed by atoms with Crippen molar-refractivity contribution in [2.75, 3.05) is 7.11 Å². The molecule has 28 heavy (non-hydrogen) atoms. The third-order valence-electron chi connectivity index (χ3n) is 4.18. The Bertz CT molecular complexity index is 966. The van der Waals surface area contributed by atoms with E-state index in [1.165, 1.54) is 0 Å². The zero-order chi connectivity index (χ0) is 19.8. The molecule has 0 aliphatic heterocycles. The van der Waals surface area contributed by atoms with Gasteiger partial charge in [-0.3, -0.25) is 9.59 Å². The Morgan fingerprint density at radius 2 is 1.36 bits per heavy atom. The van der Waals surface area contributed by atoms with Crippen molar-refractivity contribution in [1.29, 1.82) is 0 Å². The molecule has 0 saturated carbocycles. The Balaban J connectivity index is 1.80. The second kappa shape index (κ2) is 9.28. The number of carbonyl (C=O) groups is 2. The van der Waals surface area contributed by atoms with Crippen LogP contribution in [-0.4, -0.2) is 24.5 Å². The summed E-state index contributed by atoms with van der Waals surface area (Å²) in [4.78, 5) is 25.0. The smallest absolute Gasteiger partial charge is 0.271 e. The predicted octanol–water partition coefficient (Wildman–Crippen LogP) is 4.10. The molecule has 0 radical (unpaired) electrons. The fraction of sp³-hybridized carbons (Fsp3) is 0.0870. The van der Waals surface area contributed by atoms with E-state index in [0.29, 0.717) is 22.6 Å². The number of hydrogen-bond acceptors (Lipinski definition) is 4. The maximum atomic E-state index is 12.7. The van der Waals surface area contributed by atoms with Crippen LogP contribution in [0.5, 0.6) is 5.75 Å². The van der Waals surface area contributed by atoms with Crippen LogP contribution in [0.15, 0.2) is 90.0 Å². The summed E-state index contributed by atoms with van der Waals surface area (Å²) < 4.78 is 5.12. The van der Waals surface area contributed by atoms with E-state index in [-0.39, 0.29) is 18.1 Å². The highest BCUT2D eigenvalue weighted by atomic mass is 16.5. The summed E-state index contributed by atoms with van der Waals surface area (Å²) in [5, 5.41) is 4.24. The van der Waals surface area contributed by atoms with Gasteiger partial charge in [0.15, 0.2) is 5.78 Å². The van der Waals surface area contributed by atoms with E-state index in [9.17, 15) is 9.59 Å². The highest BCUT2D eigenvalue weighted by molar-refractivity contribution is 6.16. The van der Waals surface area contributed by atoms with Gasteiger partial charge in [0, 0.05) is 11.1 Å². The van der Waals surface area contributed by atoms with E-state index in [1.807, 2.05) is 36.4 Å². The molecule has 0 atom stereocenters. The Morgan fingerprint density at radius 3 is 1.93 bits per heavy atom. The molecule has 0 aromatic heterocycles. The number of benzene rings is 3. The molecule has 0 aliphatic carbocycles. The predicted molar refractivity (Wildman–Crippen MR) is 109 cm³/mol. The third-order valence-corrected chi connectivity index (χ3v) is 4.18. The van der Waals surface area contributed by atoms with Crippen molar-refractivity contribution >= 4 is 17.4 Å². The molecule has 140 valence electrons. The van der Waals surface area contributed by atoms with Gasteiger partial charge in [0.1, 0.15) is 5.75 Å². The molecule has 5 heteroatoms. The third kappa shape index (κ3) is 4.92. The van der Waals surface area contributed by atoms with Crippen LogP contribution >= 0.6 is 0 Å². The van der Waals surface area contributed by atoms with E-state index in [4.69, 9.17) is 4.74 Å². The summed E-state index contributed by atoms with van der Waals surface area (Å²) in [5.74, 6) is 0.258. The second-order valence-electron chi connectivity index (χ2n) is 6.06. The van der Waals surface area contributed by atoms with Crippen LogP contribution < -0.4 is 10.2 Å². The lowest BCUT2D eigenvalue weighted by molar-refractivity contribution is 0.0951. The van der Waals surface area contributed by atoms with Gasteiger partial charge in [-0.2, -0.15) is 5.10 Å². The van der Waals surface area contributed by atoms with Crippen molar-refractivity contribution in [2.24, 2.45) is 5.10 Å². The summed E-state index contributed by atoms with van der Waals surface area (Å²) in [6, 6.07) is 25.0. The lowest BCUT2D eigenvalue weighted by atomic mass is 10.0. The van der Waals surface area contributed by atoms with E-state index < -0.39 is 0 Å². The van der Waals surface area contributed by atoms with Gasteiger partial charge in [0.25, 0.3) is 5.91 Å². The van der Waals surface area contributed by atoms with Gasteiger partial charge in [-0.15, -0.1) is 0 Å². The number of ketones is 1. The molecule has 0 aliphatic rings. The van der Waals surface area contributed by atoms with Crippen LogP contribution in [0.25, 0.3) is 0 Å². The quantitative estimate of drug-likeness (QED) is 0.386. The average molecular weight is 372 g/mol. The number of methoxy groups -OCH3 is 1. The first-order chi connectivity index (χ1) is 13.7. The molecule has 0 bridgehead atoms. The van der Waals surface area contributed by atoms with E-state index in [0.717, 1.165) is 5.56 Å². The van der Waals surface area contributed by atoms with Gasteiger partial charge >= 0.3 is 0 Å². The number of carbonyl (C=O) groups excluding carboxylic acids is 2. The minimum Gasteiger partial charge on any atom is -0.497 e. The largest absolute Gasteiger partial charge is 0.497 e. The van der Waals surface area contributed by atoms with Gasteiger partial charge < -0.3 is 4.74 Å². The van der Waals surface area contributed by atoms with Crippen molar-refractivity contribution in [3.8, 4) is 5.75 Å². The first-order valence-corrected chi connectivity index (χ1v) is 8.82. The number of ether oxygens (including phenoxy) is 1. The Labute approximate surface area is 163 Å². The van der Waals surface area contributed by atoms with Crippen LogP contribution in [0.3, 0.4) is 0 Å². The number of hydrogen-bond donors (Lipinski definition) is 1. The van der Waals surface area contributed by atoms with Crippen molar-refractivity contribution in [3.05, 3.63) is 102 Å². The molecule has 0 heterocycles. The van der Waals surface area contributed by atoms with Crippen LogP contribution in [0, 0.1) is 0 Å². The van der Waals surface area contributed by atoms with E-state index >= 15 is 0 Å². The first-order valence-electron chi connectivity index (χ1n) is 8.82. The maximum Gasteiger partial charge on any atom is 0.271 e. The molecular formula is C23H20N2O3. The normalized spacial score (nSPS) is 11.0. The van der Waals surface area contributed by atoms with Gasteiger partial charge in [-0.1, -0.05) is 48.5 Å². The van der Waals surface area contributed by atoms with Crippen molar-refractivity contribution < 1.29 is 14.3 Å². The van der Waals surface area contributed by atoms with Crippen molar-refractivity contribution in [1.82, 2.24) is 5.43 Å². The van der Waals surface area contributed by atoms with Crippen molar-refractivity contribution in [2.45, 2.75) is 6.42 Å². The summed E-state index contributed by atoms with van der Waals surface area (Å²) in [6.45, 7) is 0. The monoisotopic (exact) mass is 372 g/mol.